The number of hydrogen-bond donors (Lipinski definition) is 1. The molecular formula is C13H19FN2O. The van der Waals surface area contributed by atoms with Crippen LogP contribution in [0.2, 0.25) is 0 Å². The number of anilines is 1. The van der Waals surface area contributed by atoms with Gasteiger partial charge in [-0.1, -0.05) is 13.3 Å². The van der Waals surface area contributed by atoms with Crippen molar-refractivity contribution in [3.63, 3.8) is 0 Å². The normalized spacial score (nSPS) is 12.2. The lowest BCUT2D eigenvalue weighted by Gasteiger charge is -2.24. The fraction of sp³-hybridized carbons (Fsp3) is 0.462. The lowest BCUT2D eigenvalue weighted by molar-refractivity contribution is 0.0736. The molecule has 1 unspecified atom stereocenters. The maximum atomic E-state index is 13.2. The highest BCUT2D eigenvalue weighted by atomic mass is 19.1. The molecule has 4 heteroatoms. The van der Waals surface area contributed by atoms with Gasteiger partial charge in [-0.05, 0) is 31.5 Å². The van der Waals surface area contributed by atoms with Gasteiger partial charge in [0.25, 0.3) is 5.91 Å². The van der Waals surface area contributed by atoms with Gasteiger partial charge in [-0.2, -0.15) is 0 Å². The van der Waals surface area contributed by atoms with E-state index < -0.39 is 5.82 Å². The number of hydrogen-bond acceptors (Lipinski definition) is 2. The number of carbonyl (C=O) groups excluding carboxylic acids is 1. The van der Waals surface area contributed by atoms with Crippen molar-refractivity contribution < 1.29 is 9.18 Å². The summed E-state index contributed by atoms with van der Waals surface area (Å²) in [6.45, 7) is 4.04. The van der Waals surface area contributed by atoms with Crippen LogP contribution >= 0.6 is 0 Å². The molecule has 3 nitrogen and oxygen atoms in total. The van der Waals surface area contributed by atoms with Gasteiger partial charge in [-0.25, -0.2) is 4.39 Å². The zero-order chi connectivity index (χ0) is 13.0. The van der Waals surface area contributed by atoms with Crippen molar-refractivity contribution in [2.75, 3.05) is 12.8 Å². The van der Waals surface area contributed by atoms with Crippen LogP contribution < -0.4 is 5.73 Å². The molecule has 94 valence electrons. The average Bonchev–Trinajstić information content (AvgIpc) is 2.26. The monoisotopic (exact) mass is 238 g/mol. The molecule has 1 amide bonds. The molecule has 17 heavy (non-hydrogen) atoms. The Morgan fingerprint density at radius 2 is 2.12 bits per heavy atom. The number of halogens is 1. The van der Waals surface area contributed by atoms with Gasteiger partial charge in [0.15, 0.2) is 0 Å². The Kier molecular flexibility index (Phi) is 4.49. The third-order valence-corrected chi connectivity index (χ3v) is 2.86. The van der Waals surface area contributed by atoms with E-state index in [4.69, 9.17) is 5.73 Å². The molecule has 2 N–H and O–H groups in total. The molecule has 1 aromatic carbocycles. The lowest BCUT2D eigenvalue weighted by Crippen LogP contribution is -2.35. The van der Waals surface area contributed by atoms with Gasteiger partial charge in [0.05, 0.1) is 0 Å². The van der Waals surface area contributed by atoms with Crippen molar-refractivity contribution in [2.45, 2.75) is 32.7 Å². The fourth-order valence-corrected chi connectivity index (χ4v) is 1.75. The summed E-state index contributed by atoms with van der Waals surface area (Å²) < 4.78 is 13.2. The largest absolute Gasteiger partial charge is 0.399 e. The van der Waals surface area contributed by atoms with Crippen LogP contribution in [0.1, 0.15) is 37.0 Å². The second-order valence-corrected chi connectivity index (χ2v) is 4.33. The SMILES string of the molecule is CCCC(C)N(C)C(=O)c1cc(N)cc(F)c1. The zero-order valence-corrected chi connectivity index (χ0v) is 10.5. The summed E-state index contributed by atoms with van der Waals surface area (Å²) >= 11 is 0. The van der Waals surface area contributed by atoms with Crippen molar-refractivity contribution in [2.24, 2.45) is 0 Å². The molecule has 0 saturated carbocycles. The molecule has 0 fully saturated rings. The van der Waals surface area contributed by atoms with E-state index in [2.05, 4.69) is 6.92 Å². The minimum Gasteiger partial charge on any atom is -0.399 e. The summed E-state index contributed by atoms with van der Waals surface area (Å²) in [6, 6.07) is 4.05. The summed E-state index contributed by atoms with van der Waals surface area (Å²) in [6.07, 6.45) is 1.93. The highest BCUT2D eigenvalue weighted by Gasteiger charge is 2.17. The lowest BCUT2D eigenvalue weighted by atomic mass is 10.1. The highest BCUT2D eigenvalue weighted by molar-refractivity contribution is 5.95. The molecule has 0 heterocycles. The van der Waals surface area contributed by atoms with E-state index in [-0.39, 0.29) is 17.6 Å². The molecule has 0 spiro atoms. The molecule has 0 aromatic heterocycles. The van der Waals surface area contributed by atoms with Gasteiger partial charge in [-0.3, -0.25) is 4.79 Å². The first kappa shape index (κ1) is 13.5. The van der Waals surface area contributed by atoms with Crippen LogP contribution in [0.3, 0.4) is 0 Å². The quantitative estimate of drug-likeness (QED) is 0.820. The van der Waals surface area contributed by atoms with E-state index in [0.717, 1.165) is 12.8 Å². The van der Waals surface area contributed by atoms with Crippen LogP contribution in [0.5, 0.6) is 0 Å². The summed E-state index contributed by atoms with van der Waals surface area (Å²) in [5, 5.41) is 0. The first-order valence-electron chi connectivity index (χ1n) is 5.79. The minimum absolute atomic E-state index is 0.136. The molecule has 0 radical (unpaired) electrons. The number of amides is 1. The van der Waals surface area contributed by atoms with Gasteiger partial charge in [0.2, 0.25) is 0 Å². The van der Waals surface area contributed by atoms with E-state index >= 15 is 0 Å². The molecule has 0 aliphatic carbocycles. The van der Waals surface area contributed by atoms with E-state index in [1.54, 1.807) is 11.9 Å². The van der Waals surface area contributed by atoms with Crippen molar-refractivity contribution >= 4 is 11.6 Å². The number of nitrogens with two attached hydrogens (primary N) is 1. The number of nitrogens with zero attached hydrogens (tertiary/aromatic N) is 1. The van der Waals surface area contributed by atoms with Gasteiger partial charge < -0.3 is 10.6 Å². The van der Waals surface area contributed by atoms with Crippen molar-refractivity contribution in [1.82, 2.24) is 4.90 Å². The van der Waals surface area contributed by atoms with Gasteiger partial charge >= 0.3 is 0 Å². The predicted octanol–water partition coefficient (Wildman–Crippen LogP) is 2.67. The Hall–Kier alpha value is -1.58. The Bertz CT molecular complexity index is 386. The number of rotatable bonds is 4. The molecule has 0 aliphatic rings. The zero-order valence-electron chi connectivity index (χ0n) is 10.5. The summed E-state index contributed by atoms with van der Waals surface area (Å²) in [5.41, 5.74) is 6.09. The van der Waals surface area contributed by atoms with Crippen LogP contribution in [0.15, 0.2) is 18.2 Å². The molecule has 1 aromatic rings. The van der Waals surface area contributed by atoms with Crippen molar-refractivity contribution in [3.05, 3.63) is 29.6 Å². The van der Waals surface area contributed by atoms with Gasteiger partial charge in [0.1, 0.15) is 5.82 Å². The Labute approximate surface area is 101 Å². The summed E-state index contributed by atoms with van der Waals surface area (Å²) in [5.74, 6) is -0.679. The van der Waals surface area contributed by atoms with E-state index in [1.165, 1.54) is 18.2 Å². The topological polar surface area (TPSA) is 46.3 Å². The van der Waals surface area contributed by atoms with Gasteiger partial charge in [0, 0.05) is 24.3 Å². The minimum atomic E-state index is -0.482. The first-order chi connectivity index (χ1) is 7.95. The Balaban J connectivity index is 2.88. The Morgan fingerprint density at radius 1 is 1.47 bits per heavy atom. The van der Waals surface area contributed by atoms with Crippen LogP contribution in [0.4, 0.5) is 10.1 Å². The number of carbonyl (C=O) groups is 1. The molecular weight excluding hydrogens is 219 g/mol. The maximum Gasteiger partial charge on any atom is 0.254 e. The third-order valence-electron chi connectivity index (χ3n) is 2.86. The van der Waals surface area contributed by atoms with Crippen molar-refractivity contribution in [1.29, 1.82) is 0 Å². The number of nitrogen functional groups attached to an aromatic ring is 1. The van der Waals surface area contributed by atoms with Gasteiger partial charge in [-0.15, -0.1) is 0 Å². The first-order valence-corrected chi connectivity index (χ1v) is 5.79. The van der Waals surface area contributed by atoms with Crippen molar-refractivity contribution in [3.8, 4) is 0 Å². The second kappa shape index (κ2) is 5.66. The van der Waals surface area contributed by atoms with E-state index in [0.29, 0.717) is 5.56 Å². The smallest absolute Gasteiger partial charge is 0.254 e. The van der Waals surface area contributed by atoms with E-state index in [1.807, 2.05) is 6.92 Å². The standard InChI is InChI=1S/C13H19FN2O/c1-4-5-9(2)16(3)13(17)10-6-11(14)8-12(15)7-10/h6-9H,4-5,15H2,1-3H3. The number of benzene rings is 1. The Morgan fingerprint density at radius 3 is 2.65 bits per heavy atom. The average molecular weight is 238 g/mol. The van der Waals surface area contributed by atoms with Crippen LogP contribution in [0.25, 0.3) is 0 Å². The van der Waals surface area contributed by atoms with E-state index in [9.17, 15) is 9.18 Å². The molecule has 0 saturated heterocycles. The second-order valence-electron chi connectivity index (χ2n) is 4.33. The highest BCUT2D eigenvalue weighted by Crippen LogP contribution is 2.15. The predicted molar refractivity (Wildman–Crippen MR) is 67.3 cm³/mol. The molecule has 1 atom stereocenters. The van der Waals surface area contributed by atoms with Crippen LogP contribution in [0, 0.1) is 5.82 Å². The fourth-order valence-electron chi connectivity index (χ4n) is 1.75. The maximum absolute atomic E-state index is 13.2. The summed E-state index contributed by atoms with van der Waals surface area (Å²) in [7, 11) is 1.73. The molecule has 1 rings (SSSR count). The molecule has 0 aliphatic heterocycles. The molecule has 0 bridgehead atoms. The van der Waals surface area contributed by atoms with Crippen LogP contribution in [-0.2, 0) is 0 Å². The third kappa shape index (κ3) is 3.44. The summed E-state index contributed by atoms with van der Waals surface area (Å²) in [4.78, 5) is 13.7. The van der Waals surface area contributed by atoms with Crippen LogP contribution in [-0.4, -0.2) is 23.9 Å².